The molecule has 0 saturated heterocycles. The molecule has 2 unspecified atom stereocenters. The zero-order valence-corrected chi connectivity index (χ0v) is 16.9. The first-order valence-electron chi connectivity index (χ1n) is 9.89. The molecular weight excluding hydrogens is 383 g/mol. The third-order valence-electron chi connectivity index (χ3n) is 5.54. The second-order valence-corrected chi connectivity index (χ2v) is 7.66. The summed E-state index contributed by atoms with van der Waals surface area (Å²) in [6, 6.07) is 18.3. The van der Waals surface area contributed by atoms with Gasteiger partial charge in [0, 0.05) is 12.0 Å². The summed E-state index contributed by atoms with van der Waals surface area (Å²) in [6.07, 6.45) is 1.10. The predicted octanol–water partition coefficient (Wildman–Crippen LogP) is 5.44. The van der Waals surface area contributed by atoms with E-state index in [4.69, 9.17) is 14.6 Å². The summed E-state index contributed by atoms with van der Waals surface area (Å²) in [5.41, 5.74) is 4.34. The summed E-state index contributed by atoms with van der Waals surface area (Å²) >= 11 is 0. The molecule has 154 valence electrons. The van der Waals surface area contributed by atoms with E-state index >= 15 is 0 Å². The highest BCUT2D eigenvalue weighted by Gasteiger charge is 2.25. The minimum Gasteiger partial charge on any atom is -0.497 e. The summed E-state index contributed by atoms with van der Waals surface area (Å²) < 4.78 is 25.6. The fraction of sp³-hybridized carbons (Fsp3) is 0.240. The van der Waals surface area contributed by atoms with Crippen LogP contribution in [-0.4, -0.2) is 18.2 Å². The maximum Gasteiger partial charge on any atom is 0.306 e. The lowest BCUT2D eigenvalue weighted by Crippen LogP contribution is -2.12. The topological polar surface area (TPSA) is 55.8 Å². The summed E-state index contributed by atoms with van der Waals surface area (Å²) in [6.45, 7) is 1.70. The molecule has 0 bridgehead atoms. The quantitative estimate of drug-likeness (QED) is 0.592. The average molecular weight is 406 g/mol. The van der Waals surface area contributed by atoms with Crippen LogP contribution in [0, 0.1) is 11.7 Å². The van der Waals surface area contributed by atoms with Gasteiger partial charge in [0.1, 0.15) is 23.4 Å². The van der Waals surface area contributed by atoms with E-state index in [0.29, 0.717) is 17.7 Å². The van der Waals surface area contributed by atoms with E-state index in [-0.39, 0.29) is 11.9 Å². The number of carboxylic acid groups (broad SMARTS) is 1. The fourth-order valence-corrected chi connectivity index (χ4v) is 3.76. The van der Waals surface area contributed by atoms with Gasteiger partial charge in [-0.15, -0.1) is 0 Å². The van der Waals surface area contributed by atoms with E-state index in [1.807, 2.05) is 42.5 Å². The Bertz CT molecular complexity index is 1080. The molecule has 0 amide bonds. The number of carbonyl (C=O) groups is 1. The van der Waals surface area contributed by atoms with Gasteiger partial charge in [0.2, 0.25) is 0 Å². The first-order chi connectivity index (χ1) is 14.4. The maximum atomic E-state index is 14.2. The van der Waals surface area contributed by atoms with Crippen LogP contribution in [0.3, 0.4) is 0 Å². The van der Waals surface area contributed by atoms with Crippen molar-refractivity contribution in [2.45, 2.75) is 25.9 Å². The first-order valence-corrected chi connectivity index (χ1v) is 9.89. The van der Waals surface area contributed by atoms with Crippen LogP contribution < -0.4 is 9.47 Å². The Morgan fingerprint density at radius 1 is 1.17 bits per heavy atom. The van der Waals surface area contributed by atoms with E-state index in [0.717, 1.165) is 34.4 Å². The molecule has 0 aromatic heterocycles. The molecular formula is C25H23FO4. The highest BCUT2D eigenvalue weighted by molar-refractivity contribution is 5.70. The predicted molar refractivity (Wildman–Crippen MR) is 112 cm³/mol. The minimum atomic E-state index is -0.804. The van der Waals surface area contributed by atoms with Crippen LogP contribution in [0.15, 0.2) is 60.7 Å². The maximum absolute atomic E-state index is 14.2. The molecule has 0 spiro atoms. The number of hydrogen-bond donors (Lipinski definition) is 1. The third kappa shape index (κ3) is 4.01. The second kappa shape index (κ2) is 8.19. The van der Waals surface area contributed by atoms with E-state index in [9.17, 15) is 9.18 Å². The number of methoxy groups -OCH3 is 1. The lowest BCUT2D eigenvalue weighted by atomic mass is 9.97. The SMILES string of the molecule is COc1ccc(F)c(-c2ccc(C3Cc4ccc(CC(C)C(=O)O)cc4O3)cc2)c1. The van der Waals surface area contributed by atoms with Crippen LogP contribution in [0.1, 0.15) is 29.7 Å². The molecule has 2 atom stereocenters. The number of carboxylic acids is 1. The average Bonchev–Trinajstić information content (AvgIpc) is 3.17. The van der Waals surface area contributed by atoms with Crippen molar-refractivity contribution in [3.05, 3.63) is 83.2 Å². The van der Waals surface area contributed by atoms with Crippen LogP contribution in [0.2, 0.25) is 0 Å². The van der Waals surface area contributed by atoms with E-state index < -0.39 is 11.9 Å². The van der Waals surface area contributed by atoms with E-state index in [1.54, 1.807) is 26.2 Å². The van der Waals surface area contributed by atoms with Gasteiger partial charge in [-0.2, -0.15) is 0 Å². The van der Waals surface area contributed by atoms with Crippen molar-refractivity contribution in [1.82, 2.24) is 0 Å². The molecule has 3 aromatic rings. The number of halogens is 1. The fourth-order valence-electron chi connectivity index (χ4n) is 3.76. The zero-order chi connectivity index (χ0) is 21.3. The monoisotopic (exact) mass is 406 g/mol. The lowest BCUT2D eigenvalue weighted by molar-refractivity contribution is -0.141. The van der Waals surface area contributed by atoms with Crippen LogP contribution in [0.25, 0.3) is 11.1 Å². The van der Waals surface area contributed by atoms with Gasteiger partial charge in [-0.05, 0) is 52.9 Å². The molecule has 4 nitrogen and oxygen atoms in total. The molecule has 4 rings (SSSR count). The van der Waals surface area contributed by atoms with Crippen molar-refractivity contribution in [1.29, 1.82) is 0 Å². The van der Waals surface area contributed by atoms with E-state index in [1.165, 1.54) is 6.07 Å². The second-order valence-electron chi connectivity index (χ2n) is 7.66. The molecule has 1 aliphatic rings. The van der Waals surface area contributed by atoms with E-state index in [2.05, 4.69) is 0 Å². The Hall–Kier alpha value is -3.34. The standard InChI is InChI=1S/C25H23FO4/c1-15(25(27)28)11-16-3-4-19-13-24(30-23(19)12-16)18-7-5-17(6-8-18)21-14-20(29-2)9-10-22(21)26/h3-10,12,14-15,24H,11,13H2,1-2H3,(H,27,28). The molecule has 5 heteroatoms. The Balaban J connectivity index is 1.51. The molecule has 0 aliphatic carbocycles. The smallest absolute Gasteiger partial charge is 0.306 e. The number of rotatable bonds is 6. The highest BCUT2D eigenvalue weighted by atomic mass is 19.1. The van der Waals surface area contributed by atoms with Gasteiger partial charge in [0.05, 0.1) is 13.0 Å². The molecule has 0 saturated carbocycles. The number of fused-ring (bicyclic) bond motifs is 1. The Morgan fingerprint density at radius 3 is 2.63 bits per heavy atom. The van der Waals surface area contributed by atoms with Crippen molar-refractivity contribution in [3.8, 4) is 22.6 Å². The van der Waals surface area contributed by atoms with Crippen molar-refractivity contribution in [2.75, 3.05) is 7.11 Å². The molecule has 1 heterocycles. The first kappa shape index (κ1) is 20.0. The lowest BCUT2D eigenvalue weighted by Gasteiger charge is -2.13. The zero-order valence-electron chi connectivity index (χ0n) is 16.9. The Morgan fingerprint density at radius 2 is 1.93 bits per heavy atom. The molecule has 30 heavy (non-hydrogen) atoms. The largest absolute Gasteiger partial charge is 0.497 e. The number of aliphatic carboxylic acids is 1. The Kier molecular flexibility index (Phi) is 5.44. The molecule has 1 N–H and O–H groups in total. The molecule has 3 aromatic carbocycles. The van der Waals surface area contributed by atoms with Gasteiger partial charge >= 0.3 is 5.97 Å². The van der Waals surface area contributed by atoms with Gasteiger partial charge in [0.25, 0.3) is 0 Å². The van der Waals surface area contributed by atoms with Gasteiger partial charge in [-0.3, -0.25) is 4.79 Å². The minimum absolute atomic E-state index is 0.114. The van der Waals surface area contributed by atoms with Crippen LogP contribution in [-0.2, 0) is 17.6 Å². The molecule has 1 aliphatic heterocycles. The van der Waals surface area contributed by atoms with Crippen LogP contribution in [0.5, 0.6) is 11.5 Å². The summed E-state index contributed by atoms with van der Waals surface area (Å²) in [7, 11) is 1.56. The van der Waals surface area contributed by atoms with Gasteiger partial charge in [-0.1, -0.05) is 43.3 Å². The Labute approximate surface area is 174 Å². The van der Waals surface area contributed by atoms with Crippen LogP contribution in [0.4, 0.5) is 4.39 Å². The van der Waals surface area contributed by atoms with Crippen molar-refractivity contribution < 1.29 is 23.8 Å². The molecule has 0 fully saturated rings. The summed E-state index contributed by atoms with van der Waals surface area (Å²) in [4.78, 5) is 11.1. The summed E-state index contributed by atoms with van der Waals surface area (Å²) in [5, 5.41) is 9.12. The number of benzene rings is 3. The van der Waals surface area contributed by atoms with Gasteiger partial charge < -0.3 is 14.6 Å². The number of ether oxygens (including phenoxy) is 2. The van der Waals surface area contributed by atoms with Crippen LogP contribution >= 0.6 is 0 Å². The highest BCUT2D eigenvalue weighted by Crippen LogP contribution is 2.38. The third-order valence-corrected chi connectivity index (χ3v) is 5.54. The van der Waals surface area contributed by atoms with Crippen molar-refractivity contribution >= 4 is 5.97 Å². The normalized spacial score (nSPS) is 15.9. The van der Waals surface area contributed by atoms with Crippen molar-refractivity contribution in [2.24, 2.45) is 5.92 Å². The van der Waals surface area contributed by atoms with Gasteiger partial charge in [-0.25, -0.2) is 4.39 Å². The van der Waals surface area contributed by atoms with Gasteiger partial charge in [0.15, 0.2) is 0 Å². The van der Waals surface area contributed by atoms with Crippen molar-refractivity contribution in [3.63, 3.8) is 0 Å². The summed E-state index contributed by atoms with van der Waals surface area (Å²) in [5.74, 6) is -0.126. The molecule has 0 radical (unpaired) electrons. The number of hydrogen-bond acceptors (Lipinski definition) is 3.